The SMILES string of the molecule is CCOc1cccc(OC(C)CNN)c1. The van der Waals surface area contributed by atoms with E-state index in [9.17, 15) is 0 Å². The average molecular weight is 210 g/mol. The molecule has 1 aromatic carbocycles. The largest absolute Gasteiger partial charge is 0.494 e. The van der Waals surface area contributed by atoms with Gasteiger partial charge in [-0.3, -0.25) is 11.3 Å². The van der Waals surface area contributed by atoms with Gasteiger partial charge in [0.15, 0.2) is 0 Å². The molecule has 3 N–H and O–H groups in total. The van der Waals surface area contributed by atoms with Gasteiger partial charge in [0.1, 0.15) is 17.6 Å². The van der Waals surface area contributed by atoms with Crippen LogP contribution in [-0.4, -0.2) is 19.3 Å². The highest BCUT2D eigenvalue weighted by Gasteiger charge is 2.03. The van der Waals surface area contributed by atoms with E-state index in [-0.39, 0.29) is 6.10 Å². The van der Waals surface area contributed by atoms with Crippen LogP contribution in [0.25, 0.3) is 0 Å². The third kappa shape index (κ3) is 4.18. The van der Waals surface area contributed by atoms with Gasteiger partial charge < -0.3 is 9.47 Å². The molecule has 0 aliphatic rings. The third-order valence-electron chi connectivity index (χ3n) is 1.86. The van der Waals surface area contributed by atoms with E-state index in [1.54, 1.807) is 0 Å². The van der Waals surface area contributed by atoms with Crippen LogP contribution in [0, 0.1) is 0 Å². The van der Waals surface area contributed by atoms with Gasteiger partial charge in [-0.15, -0.1) is 0 Å². The zero-order chi connectivity index (χ0) is 11.1. The van der Waals surface area contributed by atoms with Crippen molar-refractivity contribution in [2.75, 3.05) is 13.2 Å². The van der Waals surface area contributed by atoms with Gasteiger partial charge in [0.2, 0.25) is 0 Å². The van der Waals surface area contributed by atoms with Crippen molar-refractivity contribution in [3.63, 3.8) is 0 Å². The van der Waals surface area contributed by atoms with Crippen molar-refractivity contribution >= 4 is 0 Å². The number of nitrogens with one attached hydrogen (secondary N) is 1. The Balaban J connectivity index is 2.56. The van der Waals surface area contributed by atoms with Gasteiger partial charge in [-0.2, -0.15) is 0 Å². The fourth-order valence-corrected chi connectivity index (χ4v) is 1.24. The van der Waals surface area contributed by atoms with E-state index in [0.29, 0.717) is 13.2 Å². The fourth-order valence-electron chi connectivity index (χ4n) is 1.24. The van der Waals surface area contributed by atoms with E-state index in [1.807, 2.05) is 38.1 Å². The Morgan fingerprint density at radius 3 is 2.80 bits per heavy atom. The molecule has 0 heterocycles. The first-order chi connectivity index (χ1) is 7.26. The molecule has 1 aromatic rings. The van der Waals surface area contributed by atoms with Gasteiger partial charge in [-0.1, -0.05) is 6.07 Å². The van der Waals surface area contributed by atoms with Crippen molar-refractivity contribution in [1.29, 1.82) is 0 Å². The van der Waals surface area contributed by atoms with Crippen molar-refractivity contribution < 1.29 is 9.47 Å². The molecule has 0 amide bonds. The second-order valence-corrected chi connectivity index (χ2v) is 3.24. The maximum Gasteiger partial charge on any atom is 0.123 e. The van der Waals surface area contributed by atoms with Crippen LogP contribution in [0.5, 0.6) is 11.5 Å². The lowest BCUT2D eigenvalue weighted by Crippen LogP contribution is -2.33. The lowest BCUT2D eigenvalue weighted by Gasteiger charge is -2.14. The lowest BCUT2D eigenvalue weighted by atomic mass is 10.3. The molecule has 0 fully saturated rings. The summed E-state index contributed by atoms with van der Waals surface area (Å²) in [6.45, 7) is 5.17. The Bertz CT molecular complexity index is 292. The summed E-state index contributed by atoms with van der Waals surface area (Å²) in [5.74, 6) is 6.82. The quantitative estimate of drug-likeness (QED) is 0.549. The summed E-state index contributed by atoms with van der Waals surface area (Å²) in [6.07, 6.45) is 0.0341. The summed E-state index contributed by atoms with van der Waals surface area (Å²) in [5, 5.41) is 0. The predicted octanol–water partition coefficient (Wildman–Crippen LogP) is 1.32. The maximum atomic E-state index is 5.62. The number of hydrogen-bond acceptors (Lipinski definition) is 4. The van der Waals surface area contributed by atoms with Crippen molar-refractivity contribution in [2.24, 2.45) is 5.84 Å². The molecule has 4 heteroatoms. The Labute approximate surface area is 90.3 Å². The van der Waals surface area contributed by atoms with E-state index in [2.05, 4.69) is 5.43 Å². The predicted molar refractivity (Wildman–Crippen MR) is 59.9 cm³/mol. The molecule has 84 valence electrons. The topological polar surface area (TPSA) is 56.5 Å². The van der Waals surface area contributed by atoms with Gasteiger partial charge in [-0.05, 0) is 26.0 Å². The van der Waals surface area contributed by atoms with Crippen LogP contribution < -0.4 is 20.7 Å². The van der Waals surface area contributed by atoms with Crippen molar-refractivity contribution in [3.8, 4) is 11.5 Å². The molecule has 0 saturated heterocycles. The highest BCUT2D eigenvalue weighted by atomic mass is 16.5. The smallest absolute Gasteiger partial charge is 0.123 e. The van der Waals surface area contributed by atoms with Gasteiger partial charge in [-0.25, -0.2) is 0 Å². The molecule has 0 saturated carbocycles. The molecule has 0 aromatic heterocycles. The highest BCUT2D eigenvalue weighted by Crippen LogP contribution is 2.20. The van der Waals surface area contributed by atoms with Gasteiger partial charge in [0, 0.05) is 12.6 Å². The van der Waals surface area contributed by atoms with Gasteiger partial charge in [0.05, 0.1) is 6.61 Å². The molecule has 1 atom stereocenters. The Kier molecular flexibility index (Phi) is 4.93. The van der Waals surface area contributed by atoms with E-state index >= 15 is 0 Å². The molecular formula is C11H18N2O2. The van der Waals surface area contributed by atoms with Crippen LogP contribution in [0.1, 0.15) is 13.8 Å². The minimum Gasteiger partial charge on any atom is -0.494 e. The molecule has 1 unspecified atom stereocenters. The molecular weight excluding hydrogens is 192 g/mol. The second kappa shape index (κ2) is 6.27. The molecule has 0 radical (unpaired) electrons. The number of hydrazine groups is 1. The molecule has 0 aliphatic heterocycles. The fraction of sp³-hybridized carbons (Fsp3) is 0.455. The Morgan fingerprint density at radius 1 is 1.40 bits per heavy atom. The van der Waals surface area contributed by atoms with Crippen LogP contribution in [0.3, 0.4) is 0 Å². The number of nitrogens with two attached hydrogens (primary N) is 1. The molecule has 4 nitrogen and oxygen atoms in total. The number of rotatable bonds is 6. The van der Waals surface area contributed by atoms with Gasteiger partial charge >= 0.3 is 0 Å². The zero-order valence-electron chi connectivity index (χ0n) is 9.19. The van der Waals surface area contributed by atoms with Crippen molar-refractivity contribution in [1.82, 2.24) is 5.43 Å². The third-order valence-corrected chi connectivity index (χ3v) is 1.86. The van der Waals surface area contributed by atoms with Gasteiger partial charge in [0.25, 0.3) is 0 Å². The maximum absolute atomic E-state index is 5.62. The van der Waals surface area contributed by atoms with Crippen LogP contribution in [-0.2, 0) is 0 Å². The van der Waals surface area contributed by atoms with Crippen molar-refractivity contribution in [2.45, 2.75) is 20.0 Å². The summed E-state index contributed by atoms with van der Waals surface area (Å²) < 4.78 is 11.0. The summed E-state index contributed by atoms with van der Waals surface area (Å²) in [7, 11) is 0. The van der Waals surface area contributed by atoms with Crippen molar-refractivity contribution in [3.05, 3.63) is 24.3 Å². The normalized spacial score (nSPS) is 12.2. The van der Waals surface area contributed by atoms with E-state index in [0.717, 1.165) is 11.5 Å². The second-order valence-electron chi connectivity index (χ2n) is 3.24. The molecule has 0 bridgehead atoms. The number of ether oxygens (including phenoxy) is 2. The lowest BCUT2D eigenvalue weighted by molar-refractivity contribution is 0.216. The van der Waals surface area contributed by atoms with E-state index in [1.165, 1.54) is 0 Å². The van der Waals surface area contributed by atoms with Crippen LogP contribution in [0.4, 0.5) is 0 Å². The Morgan fingerprint density at radius 2 is 2.13 bits per heavy atom. The summed E-state index contributed by atoms with van der Waals surface area (Å²) in [6, 6.07) is 7.58. The monoisotopic (exact) mass is 210 g/mol. The first-order valence-corrected chi connectivity index (χ1v) is 5.09. The van der Waals surface area contributed by atoms with Crippen LogP contribution in [0.15, 0.2) is 24.3 Å². The highest BCUT2D eigenvalue weighted by molar-refractivity contribution is 5.33. The van der Waals surface area contributed by atoms with E-state index < -0.39 is 0 Å². The minimum absolute atomic E-state index is 0.0341. The molecule has 1 rings (SSSR count). The average Bonchev–Trinajstić information content (AvgIpc) is 2.19. The van der Waals surface area contributed by atoms with Crippen LogP contribution >= 0.6 is 0 Å². The number of hydrogen-bond donors (Lipinski definition) is 2. The zero-order valence-corrected chi connectivity index (χ0v) is 9.19. The first-order valence-electron chi connectivity index (χ1n) is 5.09. The van der Waals surface area contributed by atoms with Crippen LogP contribution in [0.2, 0.25) is 0 Å². The van der Waals surface area contributed by atoms with E-state index in [4.69, 9.17) is 15.3 Å². The number of benzene rings is 1. The first kappa shape index (κ1) is 11.8. The minimum atomic E-state index is 0.0341. The molecule has 0 spiro atoms. The standard InChI is InChI=1S/C11H18N2O2/c1-3-14-10-5-4-6-11(7-10)15-9(2)8-13-12/h4-7,9,13H,3,8,12H2,1-2H3. The summed E-state index contributed by atoms with van der Waals surface area (Å²) in [5.41, 5.74) is 2.57. The summed E-state index contributed by atoms with van der Waals surface area (Å²) >= 11 is 0. The molecule has 15 heavy (non-hydrogen) atoms. The summed E-state index contributed by atoms with van der Waals surface area (Å²) in [4.78, 5) is 0. The molecule has 0 aliphatic carbocycles. The Hall–Kier alpha value is -1.26.